The molecule has 1 amide bonds. The lowest BCUT2D eigenvalue weighted by Gasteiger charge is -2.27. The van der Waals surface area contributed by atoms with Crippen molar-refractivity contribution < 1.29 is 9.53 Å². The van der Waals surface area contributed by atoms with Crippen LogP contribution in [0.5, 0.6) is 5.75 Å². The van der Waals surface area contributed by atoms with Crippen molar-refractivity contribution in [2.75, 3.05) is 13.7 Å². The smallest absolute Gasteiger partial charge is 0.254 e. The summed E-state index contributed by atoms with van der Waals surface area (Å²) in [7, 11) is 1.64. The molecule has 1 aliphatic heterocycles. The topological polar surface area (TPSA) is 120 Å². The Morgan fingerprint density at radius 2 is 2.00 bits per heavy atom. The van der Waals surface area contributed by atoms with Crippen molar-refractivity contribution in [1.82, 2.24) is 34.2 Å². The van der Waals surface area contributed by atoms with E-state index in [1.807, 2.05) is 17.0 Å². The molecule has 3 aliphatic rings. The van der Waals surface area contributed by atoms with E-state index in [-0.39, 0.29) is 18.0 Å². The number of nitrogens with one attached hydrogen (secondary N) is 1. The highest BCUT2D eigenvalue weighted by Crippen LogP contribution is 2.40. The van der Waals surface area contributed by atoms with Gasteiger partial charge in [0.25, 0.3) is 5.91 Å². The number of methoxy groups -OCH3 is 1. The van der Waals surface area contributed by atoms with Crippen LogP contribution in [0.2, 0.25) is 0 Å². The predicted molar refractivity (Wildman–Crippen MR) is 151 cm³/mol. The van der Waals surface area contributed by atoms with Gasteiger partial charge in [0, 0.05) is 41.6 Å². The Kier molecular flexibility index (Phi) is 5.28. The number of aromatic amines is 1. The quantitative estimate of drug-likeness (QED) is 0.327. The van der Waals surface area contributed by atoms with Gasteiger partial charge in [-0.3, -0.25) is 9.89 Å². The Hall–Kier alpha value is -4.18. The molecule has 3 fully saturated rings. The fourth-order valence-electron chi connectivity index (χ4n) is 6.91. The monoisotopic (exact) mass is 536 g/mol. The number of para-hydroxylation sites is 1. The van der Waals surface area contributed by atoms with Gasteiger partial charge in [-0.25, -0.2) is 9.97 Å². The summed E-state index contributed by atoms with van der Waals surface area (Å²) in [6.07, 6.45) is 6.15. The summed E-state index contributed by atoms with van der Waals surface area (Å²) in [6, 6.07) is 14.6. The number of rotatable bonds is 7. The number of fused-ring (bicyclic) bond motifs is 4. The number of aromatic nitrogens is 6. The zero-order valence-corrected chi connectivity index (χ0v) is 22.5. The molecular formula is C30H32N8O2. The Morgan fingerprint density at radius 1 is 1.12 bits per heavy atom. The van der Waals surface area contributed by atoms with Gasteiger partial charge in [-0.05, 0) is 61.8 Å². The Balaban J connectivity index is 1.31. The summed E-state index contributed by atoms with van der Waals surface area (Å²) in [5, 5.41) is 8.34. The second-order valence-electron chi connectivity index (χ2n) is 11.6. The van der Waals surface area contributed by atoms with E-state index in [0.717, 1.165) is 43.0 Å². The van der Waals surface area contributed by atoms with Crippen LogP contribution in [-0.2, 0) is 13.1 Å². The molecule has 0 radical (unpaired) electrons. The molecule has 0 spiro atoms. The third-order valence-electron chi connectivity index (χ3n) is 9.13. The number of piperidine rings is 1. The second-order valence-corrected chi connectivity index (χ2v) is 11.6. The van der Waals surface area contributed by atoms with Gasteiger partial charge >= 0.3 is 0 Å². The van der Waals surface area contributed by atoms with Gasteiger partial charge in [-0.1, -0.05) is 18.2 Å². The molecule has 2 saturated carbocycles. The number of hydrogen-bond acceptors (Lipinski definition) is 6. The first kappa shape index (κ1) is 23.7. The highest BCUT2D eigenvalue weighted by Gasteiger charge is 2.47. The van der Waals surface area contributed by atoms with Crippen LogP contribution in [0, 0.1) is 11.8 Å². The van der Waals surface area contributed by atoms with Gasteiger partial charge in [-0.15, -0.1) is 0 Å². The highest BCUT2D eigenvalue weighted by atomic mass is 16.5. The number of amides is 1. The molecule has 3 N–H and O–H groups in total. The summed E-state index contributed by atoms with van der Waals surface area (Å²) in [4.78, 5) is 25.3. The first-order valence-corrected chi connectivity index (χ1v) is 14.2. The van der Waals surface area contributed by atoms with Gasteiger partial charge in [0.2, 0.25) is 0 Å². The van der Waals surface area contributed by atoms with Gasteiger partial charge in [0.05, 0.1) is 24.9 Å². The van der Waals surface area contributed by atoms with Crippen LogP contribution in [0.25, 0.3) is 33.5 Å². The molecule has 10 nitrogen and oxygen atoms in total. The molecule has 5 aromatic rings. The van der Waals surface area contributed by atoms with Gasteiger partial charge in [0.15, 0.2) is 11.6 Å². The number of likely N-dealkylation sites (tertiary alicyclic amines) is 1. The molecule has 1 saturated heterocycles. The van der Waals surface area contributed by atoms with Gasteiger partial charge in [-0.2, -0.15) is 5.10 Å². The molecule has 2 bridgehead atoms. The van der Waals surface area contributed by atoms with E-state index in [2.05, 4.69) is 54.6 Å². The van der Waals surface area contributed by atoms with Crippen LogP contribution in [0.1, 0.15) is 41.9 Å². The number of carbonyl (C=O) groups excluding carboxylic acids is 1. The molecule has 2 aromatic carbocycles. The lowest BCUT2D eigenvalue weighted by atomic mass is 10.1. The molecule has 3 aromatic heterocycles. The van der Waals surface area contributed by atoms with Crippen LogP contribution >= 0.6 is 0 Å². The Labute approximate surface area is 231 Å². The largest absolute Gasteiger partial charge is 0.494 e. The minimum absolute atomic E-state index is 0.00392. The summed E-state index contributed by atoms with van der Waals surface area (Å²) < 4.78 is 10.4. The van der Waals surface area contributed by atoms with E-state index in [9.17, 15) is 4.79 Å². The minimum atomic E-state index is -0.00392. The second kappa shape index (κ2) is 8.92. The third kappa shape index (κ3) is 3.66. The summed E-state index contributed by atoms with van der Waals surface area (Å²) in [6.45, 7) is 2.08. The number of H-pyrrole nitrogens is 1. The maximum atomic E-state index is 13.8. The van der Waals surface area contributed by atoms with Crippen LogP contribution in [0.4, 0.5) is 0 Å². The van der Waals surface area contributed by atoms with E-state index in [0.29, 0.717) is 41.0 Å². The van der Waals surface area contributed by atoms with Crippen LogP contribution in [-0.4, -0.2) is 65.8 Å². The number of ether oxygens (including phenoxy) is 1. The lowest BCUT2D eigenvalue weighted by Crippen LogP contribution is -2.41. The average Bonchev–Trinajstić information content (AvgIpc) is 3.34. The van der Waals surface area contributed by atoms with Crippen molar-refractivity contribution in [2.24, 2.45) is 17.6 Å². The Bertz CT molecular complexity index is 1750. The molecule has 204 valence electrons. The molecular weight excluding hydrogens is 504 g/mol. The molecule has 3 unspecified atom stereocenters. The zero-order chi connectivity index (χ0) is 27.0. The van der Waals surface area contributed by atoms with E-state index >= 15 is 0 Å². The summed E-state index contributed by atoms with van der Waals surface area (Å²) in [5.41, 5.74) is 10.8. The lowest BCUT2D eigenvalue weighted by molar-refractivity contribution is 0.0700. The zero-order valence-electron chi connectivity index (χ0n) is 22.5. The fourth-order valence-corrected chi connectivity index (χ4v) is 6.91. The standard InChI is InChI=1S/C30H32N8O2/c1-40-25-12-20(30(39)37-14-19-8-9-23(37)27(19)31)10-21-28(25)38(15-26-32-16-33-35-26)29(34-21)24-11-18-4-2-3-5-22(18)36(24)13-17-6-7-17/h2-5,10-12,16-17,19,23,27H,6-9,13-15,31H2,1H3,(H,32,33,35). The highest BCUT2D eigenvalue weighted by molar-refractivity contribution is 6.00. The van der Waals surface area contributed by atoms with Crippen molar-refractivity contribution >= 4 is 27.8 Å². The van der Waals surface area contributed by atoms with E-state index < -0.39 is 0 Å². The molecule has 10 heteroatoms. The molecule has 4 heterocycles. The number of nitrogens with zero attached hydrogens (tertiary/aromatic N) is 6. The normalized spacial score (nSPS) is 22.1. The van der Waals surface area contributed by atoms with Crippen molar-refractivity contribution in [1.29, 1.82) is 0 Å². The molecule has 8 rings (SSSR count). The number of carbonyl (C=O) groups is 1. The van der Waals surface area contributed by atoms with E-state index in [1.165, 1.54) is 23.7 Å². The first-order valence-electron chi connectivity index (χ1n) is 14.2. The summed E-state index contributed by atoms with van der Waals surface area (Å²) in [5.74, 6) is 3.13. The number of nitrogens with two attached hydrogens (primary N) is 1. The number of hydrogen-bond donors (Lipinski definition) is 2. The number of benzene rings is 2. The predicted octanol–water partition coefficient (Wildman–Crippen LogP) is 3.80. The Morgan fingerprint density at radius 3 is 2.73 bits per heavy atom. The number of imidazole rings is 1. The van der Waals surface area contributed by atoms with E-state index in [4.69, 9.17) is 15.5 Å². The maximum absolute atomic E-state index is 13.8. The van der Waals surface area contributed by atoms with E-state index in [1.54, 1.807) is 13.4 Å². The van der Waals surface area contributed by atoms with Crippen molar-refractivity contribution in [3.8, 4) is 17.3 Å². The van der Waals surface area contributed by atoms with Gasteiger partial charge in [0.1, 0.15) is 17.6 Å². The van der Waals surface area contributed by atoms with Crippen molar-refractivity contribution in [2.45, 2.75) is 50.9 Å². The first-order chi connectivity index (χ1) is 19.6. The van der Waals surface area contributed by atoms with Crippen LogP contribution < -0.4 is 10.5 Å². The SMILES string of the molecule is COc1cc(C(=O)N2CC3CCC2C3N)cc2nc(-c3cc4ccccc4n3CC3CC3)n(Cc3nc[nH]n3)c12. The average molecular weight is 537 g/mol. The van der Waals surface area contributed by atoms with Gasteiger partial charge < -0.3 is 24.5 Å². The fraction of sp³-hybridized carbons (Fsp3) is 0.400. The van der Waals surface area contributed by atoms with Crippen LogP contribution in [0.3, 0.4) is 0 Å². The van der Waals surface area contributed by atoms with Crippen molar-refractivity contribution in [3.63, 3.8) is 0 Å². The molecule has 2 aliphatic carbocycles. The molecule has 3 atom stereocenters. The minimum Gasteiger partial charge on any atom is -0.494 e. The third-order valence-corrected chi connectivity index (χ3v) is 9.13. The van der Waals surface area contributed by atoms with Crippen LogP contribution in [0.15, 0.2) is 48.8 Å². The molecule has 40 heavy (non-hydrogen) atoms. The maximum Gasteiger partial charge on any atom is 0.254 e. The summed E-state index contributed by atoms with van der Waals surface area (Å²) >= 11 is 0. The van der Waals surface area contributed by atoms with Crippen molar-refractivity contribution in [3.05, 3.63) is 60.2 Å².